The summed E-state index contributed by atoms with van der Waals surface area (Å²) in [5, 5.41) is 0. The fourth-order valence-electron chi connectivity index (χ4n) is 3.99. The van der Waals surface area contributed by atoms with Crippen molar-refractivity contribution in [2.24, 2.45) is 13.0 Å². The van der Waals surface area contributed by atoms with Gasteiger partial charge in [0.25, 0.3) is 0 Å². The molecular weight excluding hydrogens is 359 g/mol. The minimum Gasteiger partial charge on any atom is -0.303 e. The van der Waals surface area contributed by atoms with Gasteiger partial charge >= 0.3 is 4.87 Å². The van der Waals surface area contributed by atoms with Crippen molar-refractivity contribution in [3.05, 3.63) is 69.1 Å². The summed E-state index contributed by atoms with van der Waals surface area (Å²) in [6, 6.07) is 13.3. The maximum atomic E-state index is 13.0. The summed E-state index contributed by atoms with van der Waals surface area (Å²) >= 11 is 1.33. The smallest absolute Gasteiger partial charge is 0.303 e. The lowest BCUT2D eigenvalue weighted by atomic mass is 9.90. The largest absolute Gasteiger partial charge is 0.307 e. The second kappa shape index (κ2) is 7.95. The van der Waals surface area contributed by atoms with E-state index >= 15 is 0 Å². The van der Waals surface area contributed by atoms with E-state index in [1.165, 1.54) is 35.3 Å². The molecule has 0 saturated carbocycles. The van der Waals surface area contributed by atoms with Crippen LogP contribution < -0.4 is 4.87 Å². The van der Waals surface area contributed by atoms with Crippen LogP contribution >= 0.6 is 11.3 Å². The summed E-state index contributed by atoms with van der Waals surface area (Å²) in [7, 11) is 1.83. The molecule has 142 valence electrons. The van der Waals surface area contributed by atoms with E-state index in [4.69, 9.17) is 0 Å². The molecule has 2 aromatic carbocycles. The molecule has 0 aliphatic carbocycles. The van der Waals surface area contributed by atoms with Crippen molar-refractivity contribution in [2.45, 2.75) is 25.7 Å². The second-order valence-corrected chi connectivity index (χ2v) is 8.59. The maximum absolute atomic E-state index is 13.0. The number of likely N-dealkylation sites (tertiary alicyclic amines) is 1. The van der Waals surface area contributed by atoms with E-state index in [1.807, 2.05) is 19.2 Å². The summed E-state index contributed by atoms with van der Waals surface area (Å²) in [4.78, 5) is 14.4. The number of piperidine rings is 1. The van der Waals surface area contributed by atoms with E-state index in [1.54, 1.807) is 16.7 Å². The Morgan fingerprint density at radius 1 is 1.07 bits per heavy atom. The lowest BCUT2D eigenvalue weighted by Crippen LogP contribution is -2.35. The van der Waals surface area contributed by atoms with Gasteiger partial charge in [0.2, 0.25) is 0 Å². The Hall–Kier alpha value is -1.98. The minimum atomic E-state index is -0.158. The predicted octanol–water partition coefficient (Wildman–Crippen LogP) is 4.24. The number of thiazole rings is 1. The molecule has 1 fully saturated rings. The van der Waals surface area contributed by atoms with Gasteiger partial charge in [0.05, 0.1) is 10.2 Å². The highest BCUT2D eigenvalue weighted by Crippen LogP contribution is 2.23. The highest BCUT2D eigenvalue weighted by atomic mass is 32.1. The normalized spacial score (nSPS) is 16.2. The van der Waals surface area contributed by atoms with Crippen molar-refractivity contribution in [3.63, 3.8) is 0 Å². The van der Waals surface area contributed by atoms with Crippen molar-refractivity contribution in [1.82, 2.24) is 9.47 Å². The molecule has 3 aromatic rings. The predicted molar refractivity (Wildman–Crippen MR) is 110 cm³/mol. The molecule has 0 radical (unpaired) electrons. The van der Waals surface area contributed by atoms with Crippen LogP contribution in [-0.2, 0) is 19.9 Å². The van der Waals surface area contributed by atoms with E-state index in [0.29, 0.717) is 5.92 Å². The molecule has 1 aromatic heterocycles. The topological polar surface area (TPSA) is 25.2 Å². The molecule has 27 heavy (non-hydrogen) atoms. The van der Waals surface area contributed by atoms with Crippen LogP contribution in [0.5, 0.6) is 0 Å². The molecule has 3 nitrogen and oxygen atoms in total. The number of rotatable bonds is 5. The fourth-order valence-corrected chi connectivity index (χ4v) is 4.93. The molecule has 5 heteroatoms. The molecule has 4 rings (SSSR count). The molecule has 1 saturated heterocycles. The monoisotopic (exact) mass is 384 g/mol. The van der Waals surface area contributed by atoms with E-state index in [2.05, 4.69) is 23.1 Å². The van der Waals surface area contributed by atoms with Crippen LogP contribution in [0.3, 0.4) is 0 Å². The quantitative estimate of drug-likeness (QED) is 0.658. The maximum Gasteiger partial charge on any atom is 0.307 e. The van der Waals surface area contributed by atoms with Crippen LogP contribution in [0.1, 0.15) is 24.0 Å². The number of hydrogen-bond donors (Lipinski definition) is 0. The zero-order valence-electron chi connectivity index (χ0n) is 15.7. The Kier molecular flexibility index (Phi) is 5.41. The Labute approximate surface area is 163 Å². The van der Waals surface area contributed by atoms with Crippen LogP contribution in [0.2, 0.25) is 0 Å². The van der Waals surface area contributed by atoms with Crippen LogP contribution in [0.4, 0.5) is 4.39 Å². The first-order valence-electron chi connectivity index (χ1n) is 9.64. The van der Waals surface area contributed by atoms with Gasteiger partial charge in [-0.15, -0.1) is 0 Å². The van der Waals surface area contributed by atoms with Gasteiger partial charge in [0.1, 0.15) is 5.82 Å². The molecule has 0 unspecified atom stereocenters. The number of benzene rings is 2. The summed E-state index contributed by atoms with van der Waals surface area (Å²) in [5.41, 5.74) is 3.57. The van der Waals surface area contributed by atoms with Crippen molar-refractivity contribution in [2.75, 3.05) is 19.6 Å². The Morgan fingerprint density at radius 3 is 2.52 bits per heavy atom. The number of aromatic nitrogens is 1. The second-order valence-electron chi connectivity index (χ2n) is 7.59. The van der Waals surface area contributed by atoms with Crippen molar-refractivity contribution < 1.29 is 4.39 Å². The first-order chi connectivity index (χ1) is 13.1. The summed E-state index contributed by atoms with van der Waals surface area (Å²) in [5.74, 6) is 0.541. The number of hydrogen-bond acceptors (Lipinski definition) is 3. The van der Waals surface area contributed by atoms with Gasteiger partial charge in [0.15, 0.2) is 0 Å². The summed E-state index contributed by atoms with van der Waals surface area (Å²) < 4.78 is 15.8. The number of fused-ring (bicyclic) bond motifs is 1. The molecular formula is C22H25FN2OS. The molecule has 2 heterocycles. The van der Waals surface area contributed by atoms with Crippen molar-refractivity contribution in [3.8, 4) is 0 Å². The lowest BCUT2D eigenvalue weighted by molar-refractivity contribution is 0.186. The van der Waals surface area contributed by atoms with Gasteiger partial charge in [-0.1, -0.05) is 29.5 Å². The van der Waals surface area contributed by atoms with Crippen LogP contribution in [0, 0.1) is 11.7 Å². The first kappa shape index (κ1) is 18.4. The molecule has 0 amide bonds. The minimum absolute atomic E-state index is 0.102. The van der Waals surface area contributed by atoms with Gasteiger partial charge in [-0.2, -0.15) is 0 Å². The van der Waals surface area contributed by atoms with Crippen LogP contribution in [0.15, 0.2) is 47.3 Å². The number of aryl methyl sites for hydroxylation is 1. The fraction of sp³-hybridized carbons (Fsp3) is 0.409. The highest BCUT2D eigenvalue weighted by Gasteiger charge is 2.19. The number of nitrogens with zero attached hydrogens (tertiary/aromatic N) is 2. The lowest BCUT2D eigenvalue weighted by Gasteiger charge is -2.32. The van der Waals surface area contributed by atoms with Crippen molar-refractivity contribution in [1.29, 1.82) is 0 Å². The average Bonchev–Trinajstić information content (AvgIpc) is 2.96. The Bertz CT molecular complexity index is 968. The van der Waals surface area contributed by atoms with E-state index < -0.39 is 0 Å². The molecule has 0 N–H and O–H groups in total. The molecule has 0 spiro atoms. The zero-order valence-corrected chi connectivity index (χ0v) is 16.5. The summed E-state index contributed by atoms with van der Waals surface area (Å²) in [6.07, 6.45) is 4.49. The molecule has 1 aliphatic heterocycles. The van der Waals surface area contributed by atoms with Crippen LogP contribution in [0.25, 0.3) is 10.2 Å². The van der Waals surface area contributed by atoms with Crippen molar-refractivity contribution >= 4 is 21.6 Å². The van der Waals surface area contributed by atoms with Gasteiger partial charge in [-0.25, -0.2) is 4.39 Å². The molecule has 1 aliphatic rings. The number of halogens is 1. The standard InChI is InChI=1S/C22H25FN2OS/c1-24-20-7-4-17(15-21(20)27-22(24)26)8-11-25-12-9-18(10-13-25)14-16-2-5-19(23)6-3-16/h2-7,15,18H,8-14H2,1H3. The Morgan fingerprint density at radius 2 is 1.78 bits per heavy atom. The van der Waals surface area contributed by atoms with E-state index in [9.17, 15) is 9.18 Å². The van der Waals surface area contributed by atoms with Crippen LogP contribution in [-0.4, -0.2) is 29.1 Å². The van der Waals surface area contributed by atoms with Gasteiger partial charge in [0, 0.05) is 13.6 Å². The SMILES string of the molecule is Cn1c(=O)sc2cc(CCN3CCC(Cc4ccc(F)cc4)CC3)ccc21. The van der Waals surface area contributed by atoms with Gasteiger partial charge < -0.3 is 9.47 Å². The Balaban J connectivity index is 1.28. The summed E-state index contributed by atoms with van der Waals surface area (Å²) in [6.45, 7) is 3.33. The average molecular weight is 385 g/mol. The van der Waals surface area contributed by atoms with Gasteiger partial charge in [-0.05, 0) is 80.1 Å². The third-order valence-corrected chi connectivity index (χ3v) is 6.71. The third-order valence-electron chi connectivity index (χ3n) is 5.72. The zero-order chi connectivity index (χ0) is 18.8. The highest BCUT2D eigenvalue weighted by molar-refractivity contribution is 7.16. The molecule has 0 atom stereocenters. The van der Waals surface area contributed by atoms with Gasteiger partial charge in [-0.3, -0.25) is 4.79 Å². The van der Waals surface area contributed by atoms with E-state index in [0.717, 1.165) is 42.7 Å². The van der Waals surface area contributed by atoms with E-state index in [-0.39, 0.29) is 10.7 Å². The first-order valence-corrected chi connectivity index (χ1v) is 10.5. The molecule has 0 bridgehead atoms. The third kappa shape index (κ3) is 4.30.